The maximum absolute atomic E-state index is 7.56. The third-order valence-corrected chi connectivity index (χ3v) is 13.1. The van der Waals surface area contributed by atoms with Crippen molar-refractivity contribution < 1.29 is 56.8 Å². The van der Waals surface area contributed by atoms with Crippen molar-refractivity contribution in [2.75, 3.05) is 20.3 Å². The predicted molar refractivity (Wildman–Crippen MR) is 272 cm³/mol. The Balaban J connectivity index is 1.05. The Hall–Kier alpha value is -6.26. The molecule has 7 aromatic rings. The van der Waals surface area contributed by atoms with Crippen molar-refractivity contribution in [3.05, 3.63) is 240 Å². The first-order chi connectivity index (χ1) is 36.1. The van der Waals surface area contributed by atoms with Crippen molar-refractivity contribution in [3.63, 3.8) is 0 Å². The average Bonchev–Trinajstić information content (AvgIpc) is 3.45. The van der Waals surface area contributed by atoms with Crippen LogP contribution >= 0.6 is 0 Å². The highest BCUT2D eigenvalue weighted by Crippen LogP contribution is 2.40. The van der Waals surface area contributed by atoms with E-state index in [1.54, 1.807) is 7.11 Å². The molecule has 3 heterocycles. The van der Waals surface area contributed by atoms with Crippen LogP contribution in [0.3, 0.4) is 0 Å². The van der Waals surface area contributed by atoms with Crippen LogP contribution in [0.1, 0.15) is 39.7 Å². The molecule has 3 aliphatic rings. The fourth-order valence-corrected chi connectivity index (χ4v) is 9.32. The second kappa shape index (κ2) is 25.6. The fourth-order valence-electron chi connectivity index (χ4n) is 9.32. The Bertz CT molecular complexity index is 2650. The van der Waals surface area contributed by atoms with Gasteiger partial charge in [-0.3, -0.25) is 0 Å². The molecule has 0 bridgehead atoms. The van der Waals surface area contributed by atoms with Gasteiger partial charge in [-0.15, -0.1) is 0 Å². The number of rotatable bonds is 22. The van der Waals surface area contributed by atoms with Crippen LogP contribution in [0.5, 0.6) is 11.5 Å². The summed E-state index contributed by atoms with van der Waals surface area (Å²) in [6.45, 7) is 1.63. The summed E-state index contributed by atoms with van der Waals surface area (Å²) in [5.41, 5.74) is 5.75. The third kappa shape index (κ3) is 13.5. The summed E-state index contributed by atoms with van der Waals surface area (Å²) in [6.07, 6.45) is -9.11. The second-order valence-corrected chi connectivity index (χ2v) is 18.2. The molecule has 73 heavy (non-hydrogen) atoms. The Morgan fingerprint density at radius 3 is 1.36 bits per heavy atom. The van der Waals surface area contributed by atoms with Crippen molar-refractivity contribution in [1.29, 1.82) is 0 Å². The molecule has 0 spiro atoms. The highest BCUT2D eigenvalue weighted by atomic mass is 16.8. The largest absolute Gasteiger partial charge is 0.497 e. The molecule has 0 saturated carbocycles. The van der Waals surface area contributed by atoms with Gasteiger partial charge in [0, 0.05) is 5.56 Å². The fraction of sp³-hybridized carbons (Fsp3) is 0.311. The molecule has 3 fully saturated rings. The van der Waals surface area contributed by atoms with Crippen molar-refractivity contribution in [2.24, 2.45) is 0 Å². The van der Waals surface area contributed by atoms with Gasteiger partial charge in [-0.25, -0.2) is 0 Å². The molecule has 0 amide bonds. The average molecular weight is 987 g/mol. The van der Waals surface area contributed by atoms with Gasteiger partial charge in [-0.2, -0.15) is 0 Å². The highest BCUT2D eigenvalue weighted by molar-refractivity contribution is 5.31. The molecule has 378 valence electrons. The minimum atomic E-state index is -1.11. The quantitative estimate of drug-likeness (QED) is 0.0645. The van der Waals surface area contributed by atoms with E-state index in [0.717, 1.165) is 33.4 Å². The molecule has 12 heteroatoms. The Morgan fingerprint density at radius 1 is 0.411 bits per heavy atom. The van der Waals surface area contributed by atoms with Crippen LogP contribution in [0.15, 0.2) is 206 Å². The smallest absolute Gasteiger partial charge is 0.229 e. The topological polar surface area (TPSA) is 111 Å². The normalized spacial score (nSPS) is 25.8. The number of benzene rings is 7. The van der Waals surface area contributed by atoms with Gasteiger partial charge in [-0.1, -0.05) is 182 Å². The van der Waals surface area contributed by atoms with E-state index in [4.69, 9.17) is 56.8 Å². The van der Waals surface area contributed by atoms with E-state index in [1.165, 1.54) is 0 Å². The van der Waals surface area contributed by atoms with Crippen molar-refractivity contribution in [3.8, 4) is 11.5 Å². The second-order valence-electron chi connectivity index (χ2n) is 18.2. The van der Waals surface area contributed by atoms with Gasteiger partial charge < -0.3 is 56.8 Å². The van der Waals surface area contributed by atoms with Crippen molar-refractivity contribution in [1.82, 2.24) is 0 Å². The minimum Gasteiger partial charge on any atom is -0.497 e. The standard InChI is InChI=1S/C61H62O12/c1-62-49-32-34-50(35-33-49)69-60-58(67-40-47-28-16-6-17-29-47)56(54-52(71-60)42-68-59(72-54)48-30-18-7-19-31-48)73-61-57(66-39-46-26-14-5-15-27-46)55(65-38-45-24-12-4-13-25-45)53(64-37-44-22-10-3-11-23-44)51(70-61)41-63-36-43-20-8-2-9-21-43/h2-35,51-61H,36-42H2,1H3/t51-,52-,53+,54+,55-,56+,57-,58-,59+,60-,61-/m1/s1. The van der Waals surface area contributed by atoms with Crippen LogP contribution in [-0.4, -0.2) is 81.7 Å². The van der Waals surface area contributed by atoms with E-state index in [2.05, 4.69) is 0 Å². The monoisotopic (exact) mass is 986 g/mol. The van der Waals surface area contributed by atoms with E-state index < -0.39 is 67.7 Å². The van der Waals surface area contributed by atoms with Crippen molar-refractivity contribution >= 4 is 0 Å². The molecule has 0 aliphatic carbocycles. The molecule has 0 N–H and O–H groups in total. The lowest BCUT2D eigenvalue weighted by atomic mass is 9.95. The lowest BCUT2D eigenvalue weighted by Gasteiger charge is -2.51. The zero-order valence-electron chi connectivity index (χ0n) is 40.8. The van der Waals surface area contributed by atoms with Crippen LogP contribution in [0.2, 0.25) is 0 Å². The third-order valence-electron chi connectivity index (χ3n) is 13.1. The lowest BCUT2D eigenvalue weighted by molar-refractivity contribution is -0.395. The van der Waals surface area contributed by atoms with Crippen LogP contribution in [0.4, 0.5) is 0 Å². The Labute approximate surface area is 427 Å². The van der Waals surface area contributed by atoms with E-state index in [9.17, 15) is 0 Å². The summed E-state index contributed by atoms with van der Waals surface area (Å²) >= 11 is 0. The van der Waals surface area contributed by atoms with Crippen molar-refractivity contribution in [2.45, 2.75) is 101 Å². The maximum atomic E-state index is 7.56. The number of hydrogen-bond acceptors (Lipinski definition) is 12. The molecular formula is C61H62O12. The molecule has 12 nitrogen and oxygen atoms in total. The Morgan fingerprint density at radius 2 is 0.849 bits per heavy atom. The first kappa shape index (κ1) is 50.3. The molecule has 0 unspecified atom stereocenters. The first-order valence-corrected chi connectivity index (χ1v) is 25.0. The maximum Gasteiger partial charge on any atom is 0.229 e. The lowest BCUT2D eigenvalue weighted by Crippen LogP contribution is -2.67. The number of methoxy groups -OCH3 is 1. The molecule has 10 rings (SSSR count). The zero-order chi connectivity index (χ0) is 49.4. The van der Waals surface area contributed by atoms with Gasteiger partial charge in [0.1, 0.15) is 60.3 Å². The zero-order valence-corrected chi connectivity index (χ0v) is 40.8. The molecule has 0 radical (unpaired) electrons. The highest BCUT2D eigenvalue weighted by Gasteiger charge is 2.56. The van der Waals surface area contributed by atoms with Gasteiger partial charge in [0.25, 0.3) is 0 Å². The van der Waals surface area contributed by atoms with Gasteiger partial charge in [0.2, 0.25) is 6.29 Å². The molecule has 11 atom stereocenters. The van der Waals surface area contributed by atoms with E-state index in [0.29, 0.717) is 18.1 Å². The first-order valence-electron chi connectivity index (χ1n) is 25.0. The Kier molecular flexibility index (Phi) is 17.6. The van der Waals surface area contributed by atoms with E-state index in [-0.39, 0.29) is 39.6 Å². The summed E-state index contributed by atoms with van der Waals surface area (Å²) in [4.78, 5) is 0. The summed E-state index contributed by atoms with van der Waals surface area (Å²) in [5.74, 6) is 1.22. The minimum absolute atomic E-state index is 0.141. The molecular weight excluding hydrogens is 925 g/mol. The number of fused-ring (bicyclic) bond motifs is 1. The van der Waals surface area contributed by atoms with Crippen LogP contribution in [0.25, 0.3) is 0 Å². The van der Waals surface area contributed by atoms with Gasteiger partial charge in [0.05, 0.1) is 53.4 Å². The van der Waals surface area contributed by atoms with E-state index >= 15 is 0 Å². The van der Waals surface area contributed by atoms with Gasteiger partial charge in [0.15, 0.2) is 12.6 Å². The van der Waals surface area contributed by atoms with Crippen LogP contribution in [0, 0.1) is 0 Å². The summed E-state index contributed by atoms with van der Waals surface area (Å²) in [6, 6.07) is 67.3. The molecule has 3 aliphatic heterocycles. The SMILES string of the molecule is COc1ccc(O[C@@H]2O[C@@H]3CO[C@H](c4ccccc4)O[C@@H]3[C@H](O[C@H]3O[C@H](COCc4ccccc4)[C@H](OCc4ccccc4)[C@@H](OCc4ccccc4)[C@H]3OCc3ccccc3)[C@H]2OCc2ccccc2)cc1. The number of ether oxygens (including phenoxy) is 12. The predicted octanol–water partition coefficient (Wildman–Crippen LogP) is 10.6. The molecule has 7 aromatic carbocycles. The summed E-state index contributed by atoms with van der Waals surface area (Å²) in [5, 5.41) is 0. The number of hydrogen-bond donors (Lipinski definition) is 0. The molecule has 0 aromatic heterocycles. The van der Waals surface area contributed by atoms with Gasteiger partial charge >= 0.3 is 0 Å². The molecule has 3 saturated heterocycles. The summed E-state index contributed by atoms with van der Waals surface area (Å²) < 4.78 is 82.0. The van der Waals surface area contributed by atoms with Gasteiger partial charge in [-0.05, 0) is 52.1 Å². The van der Waals surface area contributed by atoms with E-state index in [1.807, 2.05) is 206 Å². The van der Waals surface area contributed by atoms with Crippen LogP contribution in [-0.2, 0) is 80.4 Å². The summed E-state index contributed by atoms with van der Waals surface area (Å²) in [7, 11) is 1.63. The van der Waals surface area contributed by atoms with Crippen LogP contribution < -0.4 is 9.47 Å².